The molecule has 1 aliphatic heterocycles. The molecule has 0 fully saturated rings. The Kier molecular flexibility index (Phi) is 6.33. The van der Waals surface area contributed by atoms with Crippen LogP contribution in [-0.4, -0.2) is 26.3 Å². The van der Waals surface area contributed by atoms with Gasteiger partial charge in [0.2, 0.25) is 0 Å². The molecular formula is C42H26N4O2. The van der Waals surface area contributed by atoms with E-state index in [1.807, 2.05) is 97.1 Å². The van der Waals surface area contributed by atoms with Gasteiger partial charge in [-0.2, -0.15) is 0 Å². The second-order valence-corrected chi connectivity index (χ2v) is 11.9. The van der Waals surface area contributed by atoms with Gasteiger partial charge in [0.15, 0.2) is 0 Å². The number of fused-ring (bicyclic) bond motifs is 4. The van der Waals surface area contributed by atoms with E-state index in [0.717, 1.165) is 55.2 Å². The maximum absolute atomic E-state index is 14.7. The Morgan fingerprint density at radius 2 is 1.10 bits per heavy atom. The third-order valence-corrected chi connectivity index (χ3v) is 9.09. The quantitative estimate of drug-likeness (QED) is 0.180. The van der Waals surface area contributed by atoms with Crippen molar-refractivity contribution in [1.29, 1.82) is 0 Å². The average molecular weight is 619 g/mol. The monoisotopic (exact) mass is 618 g/mol. The smallest absolute Gasteiger partial charge is 0.268 e. The van der Waals surface area contributed by atoms with Gasteiger partial charge in [-0.05, 0) is 70.3 Å². The number of benzene rings is 6. The van der Waals surface area contributed by atoms with E-state index in [-0.39, 0.29) is 11.8 Å². The van der Waals surface area contributed by atoms with E-state index in [2.05, 4.69) is 50.9 Å². The number of imide groups is 1. The molecule has 3 heterocycles. The normalized spacial score (nSPS) is 12.6. The fraction of sp³-hybridized carbons (Fsp3) is 0. The van der Waals surface area contributed by atoms with Crippen LogP contribution in [0.25, 0.3) is 60.9 Å². The summed E-state index contributed by atoms with van der Waals surface area (Å²) in [4.78, 5) is 38.7. The molecule has 6 nitrogen and oxygen atoms in total. The molecule has 226 valence electrons. The van der Waals surface area contributed by atoms with E-state index in [0.29, 0.717) is 22.5 Å². The van der Waals surface area contributed by atoms with Crippen LogP contribution in [0.2, 0.25) is 0 Å². The molecule has 0 saturated carbocycles. The van der Waals surface area contributed by atoms with Crippen molar-refractivity contribution in [2.24, 2.45) is 0 Å². The Morgan fingerprint density at radius 1 is 0.458 bits per heavy atom. The molecule has 0 atom stereocenters. The number of amides is 2. The average Bonchev–Trinajstić information content (AvgIpc) is 3.62. The van der Waals surface area contributed by atoms with E-state index in [1.54, 1.807) is 18.5 Å². The van der Waals surface area contributed by atoms with Crippen molar-refractivity contribution in [1.82, 2.24) is 14.5 Å². The fourth-order valence-electron chi connectivity index (χ4n) is 6.88. The van der Waals surface area contributed by atoms with Crippen LogP contribution < -0.4 is 4.90 Å². The van der Waals surface area contributed by atoms with Crippen LogP contribution in [0.15, 0.2) is 158 Å². The van der Waals surface area contributed by atoms with Crippen molar-refractivity contribution >= 4 is 39.3 Å². The van der Waals surface area contributed by atoms with Crippen molar-refractivity contribution in [2.75, 3.05) is 4.90 Å². The van der Waals surface area contributed by atoms with Gasteiger partial charge in [0.1, 0.15) is 6.33 Å². The van der Waals surface area contributed by atoms with Crippen molar-refractivity contribution in [3.63, 3.8) is 0 Å². The van der Waals surface area contributed by atoms with E-state index >= 15 is 0 Å². The van der Waals surface area contributed by atoms with E-state index in [4.69, 9.17) is 0 Å². The first-order chi connectivity index (χ1) is 23.7. The van der Waals surface area contributed by atoms with Crippen LogP contribution >= 0.6 is 0 Å². The van der Waals surface area contributed by atoms with Gasteiger partial charge in [0.25, 0.3) is 11.8 Å². The first kappa shape index (κ1) is 27.6. The molecule has 0 aliphatic carbocycles. The van der Waals surface area contributed by atoms with Gasteiger partial charge in [-0.3, -0.25) is 9.59 Å². The van der Waals surface area contributed by atoms with E-state index < -0.39 is 0 Å². The first-order valence-corrected chi connectivity index (χ1v) is 15.7. The standard InChI is InChI=1S/C42H26N4O2/c47-41-36-15-9-17-38(46-37-16-8-7-14-34(37)35-19-18-29(23-39(35)46)32-24-43-26-44-25-32)40(36)42(48)45(41)33-21-30(27-10-3-1-4-11-27)20-31(22-33)28-12-5-2-6-13-28/h1-26H. The lowest BCUT2D eigenvalue weighted by molar-refractivity contribution is 0.0926. The van der Waals surface area contributed by atoms with E-state index in [9.17, 15) is 9.59 Å². The van der Waals surface area contributed by atoms with Gasteiger partial charge in [-0.25, -0.2) is 14.9 Å². The second kappa shape index (κ2) is 11.0. The summed E-state index contributed by atoms with van der Waals surface area (Å²) >= 11 is 0. The van der Waals surface area contributed by atoms with Crippen molar-refractivity contribution in [2.45, 2.75) is 0 Å². The number of hydrogen-bond acceptors (Lipinski definition) is 4. The summed E-state index contributed by atoms with van der Waals surface area (Å²) in [5.74, 6) is -0.697. The maximum atomic E-state index is 14.7. The number of anilines is 1. The van der Waals surface area contributed by atoms with Gasteiger partial charge in [0, 0.05) is 28.7 Å². The van der Waals surface area contributed by atoms with Crippen LogP contribution in [0.5, 0.6) is 0 Å². The Balaban J connectivity index is 1.24. The lowest BCUT2D eigenvalue weighted by Crippen LogP contribution is -2.29. The predicted molar refractivity (Wildman–Crippen MR) is 190 cm³/mol. The predicted octanol–water partition coefficient (Wildman–Crippen LogP) is 9.38. The highest BCUT2D eigenvalue weighted by Gasteiger charge is 2.39. The van der Waals surface area contributed by atoms with Gasteiger partial charge >= 0.3 is 0 Å². The Hall–Kier alpha value is -6.66. The van der Waals surface area contributed by atoms with Gasteiger partial charge in [0.05, 0.1) is 33.5 Å². The fourth-order valence-corrected chi connectivity index (χ4v) is 6.88. The van der Waals surface area contributed by atoms with Crippen molar-refractivity contribution < 1.29 is 9.59 Å². The number of carbonyl (C=O) groups is 2. The number of rotatable bonds is 5. The molecule has 2 amide bonds. The molecule has 0 saturated heterocycles. The zero-order chi connectivity index (χ0) is 32.2. The molecule has 0 radical (unpaired) electrons. The Bertz CT molecular complexity index is 2480. The van der Waals surface area contributed by atoms with Gasteiger partial charge < -0.3 is 4.57 Å². The summed E-state index contributed by atoms with van der Waals surface area (Å²) in [5, 5.41) is 2.10. The summed E-state index contributed by atoms with van der Waals surface area (Å²) in [7, 11) is 0. The Morgan fingerprint density at radius 3 is 1.81 bits per heavy atom. The minimum Gasteiger partial charge on any atom is -0.308 e. The van der Waals surface area contributed by atoms with Crippen molar-refractivity contribution in [3.8, 4) is 39.1 Å². The van der Waals surface area contributed by atoms with Crippen LogP contribution in [0, 0.1) is 0 Å². The highest BCUT2D eigenvalue weighted by Crippen LogP contribution is 2.40. The molecule has 9 rings (SSSR count). The third-order valence-electron chi connectivity index (χ3n) is 9.09. The first-order valence-electron chi connectivity index (χ1n) is 15.7. The van der Waals surface area contributed by atoms with Crippen LogP contribution in [0.3, 0.4) is 0 Å². The molecule has 0 unspecified atom stereocenters. The minimum absolute atomic E-state index is 0.344. The molecule has 6 heteroatoms. The lowest BCUT2D eigenvalue weighted by atomic mass is 9.97. The summed E-state index contributed by atoms with van der Waals surface area (Å²) in [6.07, 6.45) is 5.09. The molecular weight excluding hydrogens is 592 g/mol. The zero-order valence-electron chi connectivity index (χ0n) is 25.6. The molecule has 0 spiro atoms. The molecule has 0 bridgehead atoms. The summed E-state index contributed by atoms with van der Waals surface area (Å²) in [6, 6.07) is 45.9. The highest BCUT2D eigenvalue weighted by molar-refractivity contribution is 6.36. The molecule has 8 aromatic rings. The number of hydrogen-bond donors (Lipinski definition) is 0. The second-order valence-electron chi connectivity index (χ2n) is 11.9. The van der Waals surface area contributed by atoms with Crippen LogP contribution in [-0.2, 0) is 0 Å². The lowest BCUT2D eigenvalue weighted by Gasteiger charge is -2.18. The SMILES string of the molecule is O=C1c2cccc(-n3c4ccccc4c4ccc(-c5cncnc5)cc43)c2C(=O)N1c1cc(-c2ccccc2)cc(-c2ccccc2)c1. The van der Waals surface area contributed by atoms with Gasteiger partial charge in [-0.15, -0.1) is 0 Å². The van der Waals surface area contributed by atoms with Crippen LogP contribution in [0.1, 0.15) is 20.7 Å². The van der Waals surface area contributed by atoms with Crippen molar-refractivity contribution in [3.05, 3.63) is 169 Å². The third kappa shape index (κ3) is 4.35. The van der Waals surface area contributed by atoms with Gasteiger partial charge in [-0.1, -0.05) is 97.1 Å². The zero-order valence-corrected chi connectivity index (χ0v) is 25.6. The number of carbonyl (C=O) groups excluding carboxylic acids is 2. The summed E-state index contributed by atoms with van der Waals surface area (Å²) < 4.78 is 2.10. The maximum Gasteiger partial charge on any atom is 0.268 e. The number of para-hydroxylation sites is 1. The largest absolute Gasteiger partial charge is 0.308 e. The topological polar surface area (TPSA) is 68.1 Å². The van der Waals surface area contributed by atoms with E-state index in [1.165, 1.54) is 11.2 Å². The number of aromatic nitrogens is 3. The number of nitrogens with zero attached hydrogens (tertiary/aromatic N) is 4. The summed E-state index contributed by atoms with van der Waals surface area (Å²) in [6.45, 7) is 0. The highest BCUT2D eigenvalue weighted by atomic mass is 16.2. The molecule has 1 aliphatic rings. The molecule has 2 aromatic heterocycles. The summed E-state index contributed by atoms with van der Waals surface area (Å²) in [5.41, 5.74) is 9.48. The molecule has 6 aromatic carbocycles. The molecule has 48 heavy (non-hydrogen) atoms. The van der Waals surface area contributed by atoms with Crippen LogP contribution in [0.4, 0.5) is 5.69 Å². The minimum atomic E-state index is -0.353. The Labute approximate surface area is 276 Å². The molecule has 0 N–H and O–H groups in total.